The standard InChI is InChI=1S/C22H20ClN3O3S2/c23-16-5-7-17(8-6-16)31(28,29)26-11-9-14(10-12-26)21(27)25-22-24-20-18-4-2-1-3-15(18)13-19(20)30-22/h1-8,14H,9-13H2,(H,24,25,27). The maximum Gasteiger partial charge on any atom is 0.243 e. The highest BCUT2D eigenvalue weighted by molar-refractivity contribution is 7.89. The zero-order valence-electron chi connectivity index (χ0n) is 16.5. The van der Waals surface area contributed by atoms with E-state index in [1.54, 1.807) is 12.1 Å². The fourth-order valence-electron chi connectivity index (χ4n) is 4.14. The topological polar surface area (TPSA) is 79.4 Å². The zero-order chi connectivity index (χ0) is 21.6. The highest BCUT2D eigenvalue weighted by Crippen LogP contribution is 2.41. The summed E-state index contributed by atoms with van der Waals surface area (Å²) in [6.45, 7) is 0.621. The summed E-state index contributed by atoms with van der Waals surface area (Å²) >= 11 is 7.37. The number of nitrogens with zero attached hydrogens (tertiary/aromatic N) is 2. The Morgan fingerprint density at radius 3 is 2.55 bits per heavy atom. The molecule has 9 heteroatoms. The number of rotatable bonds is 4. The number of hydrogen-bond donors (Lipinski definition) is 1. The van der Waals surface area contributed by atoms with Crippen LogP contribution in [0.25, 0.3) is 11.3 Å². The normalized spacial score (nSPS) is 16.7. The largest absolute Gasteiger partial charge is 0.302 e. The van der Waals surface area contributed by atoms with Gasteiger partial charge in [0.05, 0.1) is 10.6 Å². The molecule has 3 aromatic rings. The molecule has 1 aromatic heterocycles. The molecule has 0 radical (unpaired) electrons. The van der Waals surface area contributed by atoms with Crippen molar-refractivity contribution in [2.24, 2.45) is 5.92 Å². The Morgan fingerprint density at radius 2 is 1.81 bits per heavy atom. The molecule has 1 N–H and O–H groups in total. The monoisotopic (exact) mass is 473 g/mol. The van der Waals surface area contributed by atoms with Crippen LogP contribution in [-0.4, -0.2) is 36.7 Å². The third kappa shape index (κ3) is 3.89. The average molecular weight is 474 g/mol. The van der Waals surface area contributed by atoms with Crippen LogP contribution in [0.1, 0.15) is 23.3 Å². The fraction of sp³-hybridized carbons (Fsp3) is 0.273. The van der Waals surface area contributed by atoms with Gasteiger partial charge in [-0.3, -0.25) is 4.79 Å². The van der Waals surface area contributed by atoms with Crippen molar-refractivity contribution in [3.63, 3.8) is 0 Å². The van der Waals surface area contributed by atoms with Crippen LogP contribution in [0.4, 0.5) is 5.13 Å². The summed E-state index contributed by atoms with van der Waals surface area (Å²) in [6, 6.07) is 14.3. The molecule has 1 aliphatic heterocycles. The lowest BCUT2D eigenvalue weighted by molar-refractivity contribution is -0.120. The molecule has 31 heavy (non-hydrogen) atoms. The number of halogens is 1. The summed E-state index contributed by atoms with van der Waals surface area (Å²) in [6.07, 6.45) is 1.80. The first-order valence-electron chi connectivity index (χ1n) is 10.1. The molecule has 0 spiro atoms. The second-order valence-corrected chi connectivity index (χ2v) is 11.2. The second-order valence-electron chi connectivity index (χ2n) is 7.75. The minimum Gasteiger partial charge on any atom is -0.302 e. The van der Waals surface area contributed by atoms with Gasteiger partial charge in [-0.25, -0.2) is 13.4 Å². The minimum absolute atomic E-state index is 0.0933. The number of nitrogens with one attached hydrogen (secondary N) is 1. The van der Waals surface area contributed by atoms with Crippen LogP contribution in [0, 0.1) is 5.92 Å². The number of sulfonamides is 1. The molecule has 1 amide bonds. The van der Waals surface area contributed by atoms with E-state index < -0.39 is 10.0 Å². The molecule has 5 rings (SSSR count). The predicted octanol–water partition coefficient (Wildman–Crippen LogP) is 4.41. The first-order chi connectivity index (χ1) is 14.9. The van der Waals surface area contributed by atoms with Crippen LogP contribution in [0.15, 0.2) is 53.4 Å². The molecule has 0 unspecified atom stereocenters. The lowest BCUT2D eigenvalue weighted by atomic mass is 9.97. The Labute approximate surface area is 189 Å². The molecular formula is C22H20ClN3O3S2. The van der Waals surface area contributed by atoms with Crippen LogP contribution in [-0.2, 0) is 21.2 Å². The van der Waals surface area contributed by atoms with E-state index in [1.807, 2.05) is 12.1 Å². The van der Waals surface area contributed by atoms with Gasteiger partial charge in [0.25, 0.3) is 0 Å². The lowest BCUT2D eigenvalue weighted by Crippen LogP contribution is -2.41. The predicted molar refractivity (Wildman–Crippen MR) is 122 cm³/mol. The van der Waals surface area contributed by atoms with E-state index in [2.05, 4.69) is 22.4 Å². The Bertz CT molecular complexity index is 1250. The van der Waals surface area contributed by atoms with Gasteiger partial charge >= 0.3 is 0 Å². The second kappa shape index (κ2) is 8.02. The number of thiazole rings is 1. The van der Waals surface area contributed by atoms with E-state index >= 15 is 0 Å². The number of piperidine rings is 1. The number of hydrogen-bond acceptors (Lipinski definition) is 5. The maximum atomic E-state index is 12.8. The van der Waals surface area contributed by atoms with E-state index in [9.17, 15) is 13.2 Å². The van der Waals surface area contributed by atoms with E-state index in [-0.39, 0.29) is 16.7 Å². The van der Waals surface area contributed by atoms with Crippen molar-refractivity contribution in [3.05, 3.63) is 64.0 Å². The molecule has 2 aromatic carbocycles. The average Bonchev–Trinajstić information content (AvgIpc) is 3.31. The van der Waals surface area contributed by atoms with Gasteiger partial charge in [-0.05, 0) is 42.7 Å². The van der Waals surface area contributed by atoms with Crippen molar-refractivity contribution in [2.45, 2.75) is 24.2 Å². The van der Waals surface area contributed by atoms with Crippen LogP contribution >= 0.6 is 22.9 Å². The van der Waals surface area contributed by atoms with Gasteiger partial charge in [-0.1, -0.05) is 35.9 Å². The van der Waals surface area contributed by atoms with Gasteiger partial charge in [0.2, 0.25) is 15.9 Å². The van der Waals surface area contributed by atoms with Gasteiger partial charge in [-0.15, -0.1) is 11.3 Å². The van der Waals surface area contributed by atoms with Gasteiger partial charge in [0.1, 0.15) is 0 Å². The molecular weight excluding hydrogens is 454 g/mol. The Balaban J connectivity index is 1.22. The Kier molecular flexibility index (Phi) is 5.34. The number of fused-ring (bicyclic) bond motifs is 3. The summed E-state index contributed by atoms with van der Waals surface area (Å²) in [5.74, 6) is -0.327. The molecule has 0 atom stereocenters. The van der Waals surface area contributed by atoms with Crippen LogP contribution in [0.5, 0.6) is 0 Å². The number of anilines is 1. The molecule has 0 saturated carbocycles. The molecule has 6 nitrogen and oxygen atoms in total. The SMILES string of the molecule is O=C(Nc1nc2c(s1)Cc1ccccc1-2)C1CCN(S(=O)(=O)c2ccc(Cl)cc2)CC1. The number of carbonyl (C=O) groups excluding carboxylic acids is 1. The molecule has 1 saturated heterocycles. The minimum atomic E-state index is -3.58. The third-order valence-electron chi connectivity index (χ3n) is 5.83. The molecule has 0 bridgehead atoms. The van der Waals surface area contributed by atoms with Gasteiger partial charge in [0, 0.05) is 40.9 Å². The van der Waals surface area contributed by atoms with Crippen LogP contribution in [0.2, 0.25) is 5.02 Å². The van der Waals surface area contributed by atoms with E-state index in [0.717, 1.165) is 17.7 Å². The van der Waals surface area contributed by atoms with Crippen molar-refractivity contribution >= 4 is 44.0 Å². The highest BCUT2D eigenvalue weighted by Gasteiger charge is 2.33. The number of amides is 1. The molecule has 1 fully saturated rings. The third-order valence-corrected chi connectivity index (χ3v) is 8.96. The van der Waals surface area contributed by atoms with Gasteiger partial charge in [0.15, 0.2) is 5.13 Å². The maximum absolute atomic E-state index is 12.8. The lowest BCUT2D eigenvalue weighted by Gasteiger charge is -2.30. The first-order valence-corrected chi connectivity index (χ1v) is 12.7. The van der Waals surface area contributed by atoms with Crippen molar-refractivity contribution < 1.29 is 13.2 Å². The summed E-state index contributed by atoms with van der Waals surface area (Å²) in [5.41, 5.74) is 3.36. The van der Waals surface area contributed by atoms with Crippen molar-refractivity contribution in [1.82, 2.24) is 9.29 Å². The fourth-order valence-corrected chi connectivity index (χ4v) is 6.73. The van der Waals surface area contributed by atoms with Crippen LogP contribution in [0.3, 0.4) is 0 Å². The van der Waals surface area contributed by atoms with E-state index in [1.165, 1.54) is 38.2 Å². The summed E-state index contributed by atoms with van der Waals surface area (Å²) in [7, 11) is -3.58. The van der Waals surface area contributed by atoms with Crippen molar-refractivity contribution in [1.29, 1.82) is 0 Å². The number of aromatic nitrogens is 1. The summed E-state index contributed by atoms with van der Waals surface area (Å²) in [5, 5.41) is 4.05. The molecule has 1 aliphatic carbocycles. The quantitative estimate of drug-likeness (QED) is 0.476. The van der Waals surface area contributed by atoms with Gasteiger partial charge in [-0.2, -0.15) is 4.31 Å². The first kappa shape index (κ1) is 20.6. The van der Waals surface area contributed by atoms with Crippen LogP contribution < -0.4 is 5.32 Å². The molecule has 2 heterocycles. The smallest absolute Gasteiger partial charge is 0.243 e. The molecule has 2 aliphatic rings. The van der Waals surface area contributed by atoms with E-state index in [4.69, 9.17) is 11.6 Å². The summed E-state index contributed by atoms with van der Waals surface area (Å²) < 4.78 is 27.1. The van der Waals surface area contributed by atoms with Crippen molar-refractivity contribution in [3.8, 4) is 11.3 Å². The van der Waals surface area contributed by atoms with E-state index in [0.29, 0.717) is 36.1 Å². The summed E-state index contributed by atoms with van der Waals surface area (Å²) in [4.78, 5) is 18.8. The Morgan fingerprint density at radius 1 is 1.10 bits per heavy atom. The Hall–Kier alpha value is -2.26. The number of carbonyl (C=O) groups is 1. The highest BCUT2D eigenvalue weighted by atomic mass is 35.5. The molecule has 160 valence electrons. The number of benzene rings is 2. The zero-order valence-corrected chi connectivity index (χ0v) is 18.9. The van der Waals surface area contributed by atoms with Gasteiger partial charge < -0.3 is 5.32 Å². The van der Waals surface area contributed by atoms with Crippen molar-refractivity contribution in [2.75, 3.05) is 18.4 Å².